The average Bonchev–Trinajstić information content (AvgIpc) is 2.84. The fourth-order valence-electron chi connectivity index (χ4n) is 1.63. The Bertz CT molecular complexity index is 508. The highest BCUT2D eigenvalue weighted by molar-refractivity contribution is 5.66. The molecule has 2 aromatic heterocycles. The molecule has 0 bridgehead atoms. The lowest BCUT2D eigenvalue weighted by atomic mass is 10.2. The van der Waals surface area contributed by atoms with Crippen molar-refractivity contribution in [3.63, 3.8) is 0 Å². The molecule has 0 aliphatic heterocycles. The van der Waals surface area contributed by atoms with E-state index in [1.165, 1.54) is 0 Å². The van der Waals surface area contributed by atoms with E-state index in [0.717, 1.165) is 17.7 Å². The van der Waals surface area contributed by atoms with Gasteiger partial charge in [-0.2, -0.15) is 0 Å². The molecule has 2 rings (SSSR count). The fourth-order valence-corrected chi connectivity index (χ4v) is 1.63. The zero-order valence-electron chi connectivity index (χ0n) is 9.87. The molecule has 0 fully saturated rings. The molecular weight excluding hydrogens is 232 g/mol. The van der Waals surface area contributed by atoms with Gasteiger partial charge in [-0.3, -0.25) is 9.78 Å². The molecule has 2 aromatic rings. The first-order valence-electron chi connectivity index (χ1n) is 5.82. The Labute approximate surface area is 105 Å². The number of pyridine rings is 1. The molecule has 94 valence electrons. The monoisotopic (exact) mass is 246 g/mol. The van der Waals surface area contributed by atoms with Crippen molar-refractivity contribution in [2.45, 2.75) is 25.7 Å². The van der Waals surface area contributed by atoms with E-state index in [0.29, 0.717) is 18.7 Å². The largest absolute Gasteiger partial charge is 0.481 e. The Morgan fingerprint density at radius 2 is 2.28 bits per heavy atom. The first-order chi connectivity index (χ1) is 8.75. The van der Waals surface area contributed by atoms with Gasteiger partial charge in [0, 0.05) is 30.8 Å². The van der Waals surface area contributed by atoms with Crippen LogP contribution < -0.4 is 0 Å². The SMILES string of the molecule is O=C(O)CCCCc1nc(-c2cccnc2)co1. The van der Waals surface area contributed by atoms with Crippen molar-refractivity contribution >= 4 is 5.97 Å². The Hall–Kier alpha value is -2.17. The molecule has 2 heterocycles. The van der Waals surface area contributed by atoms with Gasteiger partial charge in [0.15, 0.2) is 5.89 Å². The van der Waals surface area contributed by atoms with Gasteiger partial charge in [-0.25, -0.2) is 4.98 Å². The molecule has 5 heteroatoms. The van der Waals surface area contributed by atoms with Crippen LogP contribution in [0.25, 0.3) is 11.3 Å². The number of carboxylic acid groups (broad SMARTS) is 1. The van der Waals surface area contributed by atoms with Gasteiger partial charge in [0.25, 0.3) is 0 Å². The summed E-state index contributed by atoms with van der Waals surface area (Å²) in [5.74, 6) is -0.127. The molecule has 0 amide bonds. The molecule has 5 nitrogen and oxygen atoms in total. The van der Waals surface area contributed by atoms with Crippen molar-refractivity contribution in [1.29, 1.82) is 0 Å². The fraction of sp³-hybridized carbons (Fsp3) is 0.308. The van der Waals surface area contributed by atoms with Crippen molar-refractivity contribution < 1.29 is 14.3 Å². The first kappa shape index (κ1) is 12.3. The molecule has 0 aromatic carbocycles. The van der Waals surface area contributed by atoms with Gasteiger partial charge in [0.05, 0.1) is 0 Å². The van der Waals surface area contributed by atoms with Crippen molar-refractivity contribution in [3.8, 4) is 11.3 Å². The second-order valence-corrected chi connectivity index (χ2v) is 3.97. The highest BCUT2D eigenvalue weighted by Gasteiger charge is 2.06. The molecule has 0 unspecified atom stereocenters. The van der Waals surface area contributed by atoms with Crippen LogP contribution in [-0.2, 0) is 11.2 Å². The lowest BCUT2D eigenvalue weighted by Gasteiger charge is -1.94. The van der Waals surface area contributed by atoms with E-state index in [2.05, 4.69) is 9.97 Å². The number of aliphatic carboxylic acids is 1. The van der Waals surface area contributed by atoms with E-state index in [4.69, 9.17) is 9.52 Å². The van der Waals surface area contributed by atoms with E-state index in [-0.39, 0.29) is 6.42 Å². The van der Waals surface area contributed by atoms with Crippen molar-refractivity contribution in [3.05, 3.63) is 36.7 Å². The topological polar surface area (TPSA) is 76.2 Å². The summed E-state index contributed by atoms with van der Waals surface area (Å²) in [7, 11) is 0. The normalized spacial score (nSPS) is 10.4. The van der Waals surface area contributed by atoms with E-state index in [1.807, 2.05) is 12.1 Å². The minimum atomic E-state index is -0.765. The number of rotatable bonds is 6. The van der Waals surface area contributed by atoms with Gasteiger partial charge >= 0.3 is 5.97 Å². The molecule has 0 radical (unpaired) electrons. The Morgan fingerprint density at radius 1 is 1.39 bits per heavy atom. The maximum atomic E-state index is 10.4. The summed E-state index contributed by atoms with van der Waals surface area (Å²) in [6.45, 7) is 0. The van der Waals surface area contributed by atoms with Gasteiger partial charge in [0.2, 0.25) is 0 Å². The summed E-state index contributed by atoms with van der Waals surface area (Å²) in [5, 5.41) is 8.52. The van der Waals surface area contributed by atoms with Crippen LogP contribution in [0.3, 0.4) is 0 Å². The van der Waals surface area contributed by atoms with Crippen molar-refractivity contribution in [2.24, 2.45) is 0 Å². The van der Waals surface area contributed by atoms with Crippen LogP contribution >= 0.6 is 0 Å². The van der Waals surface area contributed by atoms with Crippen LogP contribution in [0.2, 0.25) is 0 Å². The Morgan fingerprint density at radius 3 is 3.00 bits per heavy atom. The summed E-state index contributed by atoms with van der Waals surface area (Å²) < 4.78 is 5.34. The maximum absolute atomic E-state index is 10.4. The number of aryl methyl sites for hydroxylation is 1. The summed E-state index contributed by atoms with van der Waals surface area (Å²) in [4.78, 5) is 18.7. The lowest BCUT2D eigenvalue weighted by Crippen LogP contribution is -1.95. The van der Waals surface area contributed by atoms with Gasteiger partial charge < -0.3 is 9.52 Å². The minimum absolute atomic E-state index is 0.191. The van der Waals surface area contributed by atoms with E-state index in [1.54, 1.807) is 18.7 Å². The third kappa shape index (κ3) is 3.41. The van der Waals surface area contributed by atoms with Crippen LogP contribution in [0.4, 0.5) is 0 Å². The predicted octanol–water partition coefficient (Wildman–Crippen LogP) is 2.53. The molecule has 18 heavy (non-hydrogen) atoms. The number of unbranched alkanes of at least 4 members (excludes halogenated alkanes) is 1. The highest BCUT2D eigenvalue weighted by Crippen LogP contribution is 2.18. The Kier molecular flexibility index (Phi) is 4.06. The first-order valence-corrected chi connectivity index (χ1v) is 5.82. The molecular formula is C13H14N2O3. The summed E-state index contributed by atoms with van der Waals surface area (Å²) in [6, 6.07) is 3.76. The van der Waals surface area contributed by atoms with Crippen molar-refractivity contribution in [2.75, 3.05) is 0 Å². The lowest BCUT2D eigenvalue weighted by molar-refractivity contribution is -0.137. The number of hydrogen-bond acceptors (Lipinski definition) is 4. The summed E-state index contributed by atoms with van der Waals surface area (Å²) >= 11 is 0. The highest BCUT2D eigenvalue weighted by atomic mass is 16.4. The van der Waals surface area contributed by atoms with E-state index >= 15 is 0 Å². The quantitative estimate of drug-likeness (QED) is 0.792. The second-order valence-electron chi connectivity index (χ2n) is 3.97. The second kappa shape index (κ2) is 5.95. The van der Waals surface area contributed by atoms with Crippen LogP contribution in [0.15, 0.2) is 35.2 Å². The predicted molar refractivity (Wildman–Crippen MR) is 64.9 cm³/mol. The standard InChI is InChI=1S/C13H14N2O3/c16-13(17)6-2-1-5-12-15-11(9-18-12)10-4-3-7-14-8-10/h3-4,7-9H,1-2,5-6H2,(H,16,17). The molecule has 1 N–H and O–H groups in total. The van der Waals surface area contributed by atoms with Gasteiger partial charge in [-0.05, 0) is 25.0 Å². The number of hydrogen-bond donors (Lipinski definition) is 1. The third-order valence-corrected chi connectivity index (χ3v) is 2.54. The number of oxazole rings is 1. The van der Waals surface area contributed by atoms with Crippen LogP contribution in [0, 0.1) is 0 Å². The van der Waals surface area contributed by atoms with Crippen LogP contribution in [0.1, 0.15) is 25.2 Å². The number of nitrogens with zero attached hydrogens (tertiary/aromatic N) is 2. The molecule has 0 atom stereocenters. The van der Waals surface area contributed by atoms with E-state index < -0.39 is 5.97 Å². The van der Waals surface area contributed by atoms with Gasteiger partial charge in [0.1, 0.15) is 12.0 Å². The van der Waals surface area contributed by atoms with E-state index in [9.17, 15) is 4.79 Å². The molecule has 0 saturated heterocycles. The smallest absolute Gasteiger partial charge is 0.303 e. The zero-order chi connectivity index (χ0) is 12.8. The Balaban J connectivity index is 1.89. The van der Waals surface area contributed by atoms with Crippen LogP contribution in [0.5, 0.6) is 0 Å². The van der Waals surface area contributed by atoms with Gasteiger partial charge in [-0.15, -0.1) is 0 Å². The summed E-state index contributed by atoms with van der Waals surface area (Å²) in [5.41, 5.74) is 1.68. The van der Waals surface area contributed by atoms with Crippen molar-refractivity contribution in [1.82, 2.24) is 9.97 Å². The molecule has 0 aliphatic carbocycles. The number of aromatic nitrogens is 2. The third-order valence-electron chi connectivity index (χ3n) is 2.54. The minimum Gasteiger partial charge on any atom is -0.481 e. The number of carbonyl (C=O) groups is 1. The van der Waals surface area contributed by atoms with Gasteiger partial charge in [-0.1, -0.05) is 0 Å². The molecule has 0 spiro atoms. The molecule has 0 aliphatic rings. The maximum Gasteiger partial charge on any atom is 0.303 e. The molecule has 0 saturated carbocycles. The average molecular weight is 246 g/mol. The zero-order valence-corrected chi connectivity index (χ0v) is 9.87. The number of carboxylic acids is 1. The van der Waals surface area contributed by atoms with Crippen LogP contribution in [-0.4, -0.2) is 21.0 Å². The summed E-state index contributed by atoms with van der Waals surface area (Å²) in [6.07, 6.45) is 7.29.